The molecule has 1 aliphatic heterocycles. The minimum atomic E-state index is -4.33. The van der Waals surface area contributed by atoms with Gasteiger partial charge >= 0.3 is 0 Å². The largest absolute Gasteiger partial charge is 0.489 e. The van der Waals surface area contributed by atoms with E-state index >= 15 is 0 Å². The number of β-amino-alcohol motifs (C(OH)–C–C–N with tert-alkyl or cyclic N) is 1. The number of sulfone groups is 1. The second kappa shape index (κ2) is 8.34. The van der Waals surface area contributed by atoms with Crippen molar-refractivity contribution in [3.8, 4) is 11.8 Å². The van der Waals surface area contributed by atoms with Crippen LogP contribution in [0.4, 0.5) is 0 Å². The molecule has 4 rings (SSSR count). The Morgan fingerprint density at radius 3 is 2.55 bits per heavy atom. The molecule has 0 amide bonds. The standard InChI is InChI=1S/C21H23N3O7S2/c1-14-2-7-20(23-10-14)32(27,28)19-11-24(12-21(19,26)13-25)33(29,30)18-6-3-15(9-22)8-17(18)31-16-4-5-16/h2-3,6-8,10,16,19,25-26H,4-5,11-13H2,1H3/t19-,21+/m0/s1. The molecule has 1 aromatic heterocycles. The van der Waals surface area contributed by atoms with E-state index in [0.29, 0.717) is 0 Å². The van der Waals surface area contributed by atoms with E-state index in [1.165, 1.54) is 30.5 Å². The summed E-state index contributed by atoms with van der Waals surface area (Å²) in [6, 6.07) is 8.63. The molecule has 0 radical (unpaired) electrons. The van der Waals surface area contributed by atoms with Crippen molar-refractivity contribution in [1.29, 1.82) is 5.26 Å². The number of ether oxygens (including phenoxy) is 1. The summed E-state index contributed by atoms with van der Waals surface area (Å²) in [4.78, 5) is 3.68. The van der Waals surface area contributed by atoms with E-state index < -0.39 is 50.4 Å². The summed E-state index contributed by atoms with van der Waals surface area (Å²) < 4.78 is 59.9. The number of aryl methyl sites for hydroxylation is 1. The molecule has 2 aliphatic rings. The van der Waals surface area contributed by atoms with Gasteiger partial charge in [0.25, 0.3) is 0 Å². The second-order valence-corrected chi connectivity index (χ2v) is 12.3. The van der Waals surface area contributed by atoms with Crippen LogP contribution in [-0.4, -0.2) is 73.0 Å². The number of nitrogens with zero attached hydrogens (tertiary/aromatic N) is 3. The molecule has 1 aliphatic carbocycles. The van der Waals surface area contributed by atoms with Crippen LogP contribution in [0.25, 0.3) is 0 Å². The molecule has 33 heavy (non-hydrogen) atoms. The van der Waals surface area contributed by atoms with E-state index in [0.717, 1.165) is 22.7 Å². The number of aliphatic hydroxyl groups is 2. The molecule has 12 heteroatoms. The maximum Gasteiger partial charge on any atom is 0.246 e. The monoisotopic (exact) mass is 493 g/mol. The van der Waals surface area contributed by atoms with Crippen molar-refractivity contribution in [2.75, 3.05) is 19.7 Å². The van der Waals surface area contributed by atoms with Crippen molar-refractivity contribution in [3.05, 3.63) is 47.7 Å². The average molecular weight is 494 g/mol. The fourth-order valence-corrected chi connectivity index (χ4v) is 7.27. The predicted molar refractivity (Wildman–Crippen MR) is 116 cm³/mol. The highest BCUT2D eigenvalue weighted by Crippen LogP contribution is 2.38. The van der Waals surface area contributed by atoms with E-state index in [4.69, 9.17) is 10.00 Å². The summed E-state index contributed by atoms with van der Waals surface area (Å²) in [6.45, 7) is -0.450. The van der Waals surface area contributed by atoms with Gasteiger partial charge in [-0.2, -0.15) is 9.57 Å². The third kappa shape index (κ3) is 4.34. The van der Waals surface area contributed by atoms with Gasteiger partial charge in [-0.1, -0.05) is 6.07 Å². The molecular formula is C21H23N3O7S2. The molecule has 0 unspecified atom stereocenters. The summed E-state index contributed by atoms with van der Waals surface area (Å²) in [5.41, 5.74) is -1.29. The van der Waals surface area contributed by atoms with Gasteiger partial charge in [0.05, 0.1) is 24.3 Å². The third-order valence-electron chi connectivity index (χ3n) is 5.75. The molecule has 0 bridgehead atoms. The highest BCUT2D eigenvalue weighted by molar-refractivity contribution is 7.92. The van der Waals surface area contributed by atoms with Crippen molar-refractivity contribution < 1.29 is 31.8 Å². The zero-order valence-electron chi connectivity index (χ0n) is 17.7. The van der Waals surface area contributed by atoms with Gasteiger partial charge in [0.15, 0.2) is 5.03 Å². The molecule has 2 fully saturated rings. The highest BCUT2D eigenvalue weighted by Gasteiger charge is 2.55. The van der Waals surface area contributed by atoms with Crippen LogP contribution in [0.1, 0.15) is 24.0 Å². The molecule has 1 saturated heterocycles. The first-order valence-corrected chi connectivity index (χ1v) is 13.2. The van der Waals surface area contributed by atoms with Crippen LogP contribution < -0.4 is 4.74 Å². The molecule has 1 aromatic carbocycles. The number of hydrogen-bond acceptors (Lipinski definition) is 9. The number of benzene rings is 1. The Kier molecular flexibility index (Phi) is 5.96. The molecule has 2 N–H and O–H groups in total. The summed E-state index contributed by atoms with van der Waals surface area (Å²) in [7, 11) is -8.61. The van der Waals surface area contributed by atoms with Crippen molar-refractivity contribution in [3.63, 3.8) is 0 Å². The fourth-order valence-electron chi connectivity index (χ4n) is 3.70. The van der Waals surface area contributed by atoms with Crippen LogP contribution in [0.2, 0.25) is 0 Å². The van der Waals surface area contributed by atoms with Crippen molar-refractivity contribution in [1.82, 2.24) is 9.29 Å². The molecule has 2 aromatic rings. The van der Waals surface area contributed by atoms with Crippen molar-refractivity contribution in [2.24, 2.45) is 0 Å². The zero-order chi connectivity index (χ0) is 24.0. The number of hydrogen-bond donors (Lipinski definition) is 2. The van der Waals surface area contributed by atoms with E-state index in [1.807, 2.05) is 6.07 Å². The van der Waals surface area contributed by atoms with E-state index in [1.54, 1.807) is 13.0 Å². The molecule has 2 heterocycles. The van der Waals surface area contributed by atoms with Gasteiger partial charge in [0, 0.05) is 19.3 Å². The van der Waals surface area contributed by atoms with E-state index in [-0.39, 0.29) is 27.3 Å². The Hall–Kier alpha value is -2.56. The zero-order valence-corrected chi connectivity index (χ0v) is 19.4. The molecule has 2 atom stereocenters. The Bertz CT molecular complexity index is 1320. The minimum absolute atomic E-state index is 0.00408. The molecule has 10 nitrogen and oxygen atoms in total. The van der Waals surface area contributed by atoms with Crippen LogP contribution in [0.5, 0.6) is 5.75 Å². The lowest BCUT2D eigenvalue weighted by Gasteiger charge is -2.26. The Balaban J connectivity index is 1.72. The summed E-state index contributed by atoms with van der Waals surface area (Å²) >= 11 is 0. The predicted octanol–water partition coefficient (Wildman–Crippen LogP) is 0.373. The normalized spacial score (nSPS) is 23.9. The first-order valence-electron chi connectivity index (χ1n) is 10.2. The summed E-state index contributed by atoms with van der Waals surface area (Å²) in [5, 5.41) is 28.0. The molecular weight excluding hydrogens is 470 g/mol. The maximum absolute atomic E-state index is 13.5. The number of aromatic nitrogens is 1. The summed E-state index contributed by atoms with van der Waals surface area (Å²) in [5.74, 6) is -0.00408. The van der Waals surface area contributed by atoms with Gasteiger partial charge in [0.1, 0.15) is 21.5 Å². The van der Waals surface area contributed by atoms with Gasteiger partial charge in [-0.25, -0.2) is 21.8 Å². The minimum Gasteiger partial charge on any atom is -0.489 e. The quantitative estimate of drug-likeness (QED) is 0.556. The average Bonchev–Trinajstić information content (AvgIpc) is 3.52. The van der Waals surface area contributed by atoms with Crippen LogP contribution in [0, 0.1) is 18.3 Å². The Morgan fingerprint density at radius 2 is 1.97 bits per heavy atom. The fraction of sp³-hybridized carbons (Fsp3) is 0.429. The van der Waals surface area contributed by atoms with Gasteiger partial charge in [0.2, 0.25) is 19.9 Å². The van der Waals surface area contributed by atoms with Gasteiger partial charge in [-0.3, -0.25) is 0 Å². The Labute approximate surface area is 192 Å². The van der Waals surface area contributed by atoms with Crippen LogP contribution >= 0.6 is 0 Å². The first-order chi connectivity index (χ1) is 15.5. The molecule has 176 valence electrons. The number of pyridine rings is 1. The number of nitriles is 1. The third-order valence-corrected chi connectivity index (χ3v) is 9.76. The number of rotatable bonds is 7. The smallest absolute Gasteiger partial charge is 0.246 e. The maximum atomic E-state index is 13.5. The molecule has 0 spiro atoms. The lowest BCUT2D eigenvalue weighted by molar-refractivity contribution is 0.00155. The van der Waals surface area contributed by atoms with Gasteiger partial charge in [-0.15, -0.1) is 0 Å². The number of aliphatic hydroxyl groups excluding tert-OH is 1. The lowest BCUT2D eigenvalue weighted by Crippen LogP contribution is -2.49. The van der Waals surface area contributed by atoms with Crippen LogP contribution in [0.15, 0.2) is 46.5 Å². The summed E-state index contributed by atoms with van der Waals surface area (Å²) in [6.07, 6.45) is 2.72. The van der Waals surface area contributed by atoms with Gasteiger partial charge < -0.3 is 14.9 Å². The SMILES string of the molecule is Cc1ccc(S(=O)(=O)[C@H]2CN(S(=O)(=O)c3ccc(C#N)cc3OC3CC3)C[C@@]2(O)CO)nc1. The van der Waals surface area contributed by atoms with Crippen molar-refractivity contribution in [2.45, 2.75) is 46.6 Å². The molecule has 1 saturated carbocycles. The topological polar surface area (TPSA) is 158 Å². The van der Waals surface area contributed by atoms with Crippen LogP contribution in [-0.2, 0) is 19.9 Å². The second-order valence-electron chi connectivity index (χ2n) is 8.36. The van der Waals surface area contributed by atoms with E-state index in [9.17, 15) is 27.0 Å². The van der Waals surface area contributed by atoms with Gasteiger partial charge in [-0.05, 0) is 49.6 Å². The van der Waals surface area contributed by atoms with Crippen molar-refractivity contribution >= 4 is 19.9 Å². The Morgan fingerprint density at radius 1 is 1.24 bits per heavy atom. The number of sulfonamides is 1. The first kappa shape index (κ1) is 23.6. The van der Waals surface area contributed by atoms with Crippen LogP contribution in [0.3, 0.4) is 0 Å². The highest BCUT2D eigenvalue weighted by atomic mass is 32.2. The lowest BCUT2D eigenvalue weighted by atomic mass is 10.1. The van der Waals surface area contributed by atoms with E-state index in [2.05, 4.69) is 4.98 Å².